The fourth-order valence-electron chi connectivity index (χ4n) is 3.53. The minimum atomic E-state index is -0.592. The monoisotopic (exact) mass is 388 g/mol. The average Bonchev–Trinajstić information content (AvgIpc) is 2.70. The summed E-state index contributed by atoms with van der Waals surface area (Å²) in [6.07, 6.45) is 2.98. The van der Waals surface area contributed by atoms with Gasteiger partial charge in [0.15, 0.2) is 0 Å². The fourth-order valence-corrected chi connectivity index (χ4v) is 3.53. The van der Waals surface area contributed by atoms with Gasteiger partial charge >= 0.3 is 5.97 Å². The third kappa shape index (κ3) is 5.16. The van der Waals surface area contributed by atoms with E-state index in [-0.39, 0.29) is 35.4 Å². The van der Waals surface area contributed by atoms with Crippen LogP contribution in [-0.4, -0.2) is 30.1 Å². The second kappa shape index (κ2) is 9.98. The van der Waals surface area contributed by atoms with Crippen molar-refractivity contribution in [3.63, 3.8) is 0 Å². The number of nitroso groups, excluding NO2 is 2. The molecule has 3 atom stereocenters. The molecule has 0 saturated heterocycles. The molecule has 150 valence electrons. The maximum atomic E-state index is 12.4. The fraction of sp³-hybridized carbons (Fsp3) is 0.500. The van der Waals surface area contributed by atoms with Gasteiger partial charge in [0, 0.05) is 24.3 Å². The second-order valence-electron chi connectivity index (χ2n) is 7.02. The largest absolute Gasteiger partial charge is 0.466 e. The molecular weight excluding hydrogens is 364 g/mol. The quantitative estimate of drug-likeness (QED) is 0.506. The van der Waals surface area contributed by atoms with Gasteiger partial charge in [0.05, 0.1) is 13.2 Å². The van der Waals surface area contributed by atoms with Crippen molar-refractivity contribution in [1.29, 1.82) is 0 Å². The van der Waals surface area contributed by atoms with E-state index in [0.29, 0.717) is 31.3 Å². The van der Waals surface area contributed by atoms with Gasteiger partial charge in [-0.3, -0.25) is 4.79 Å². The number of ether oxygens (including phenoxy) is 1. The van der Waals surface area contributed by atoms with Gasteiger partial charge < -0.3 is 9.84 Å². The van der Waals surface area contributed by atoms with Gasteiger partial charge in [-0.05, 0) is 53.2 Å². The number of Topliss-reactive ketones (excluding diaryl/α,β-unsaturated/α-hetero) is 1. The maximum Gasteiger partial charge on any atom is 0.333 e. The first-order valence-corrected chi connectivity index (χ1v) is 9.19. The van der Waals surface area contributed by atoms with Gasteiger partial charge in [-0.25, -0.2) is 4.79 Å². The summed E-state index contributed by atoms with van der Waals surface area (Å²) in [6.45, 7) is 1.83. The number of aryl methyl sites for hydroxylation is 1. The summed E-state index contributed by atoms with van der Waals surface area (Å²) in [4.78, 5) is 45.8. The number of hydrogen-bond donors (Lipinski definition) is 1. The Morgan fingerprint density at radius 3 is 2.57 bits per heavy atom. The van der Waals surface area contributed by atoms with Crippen LogP contribution in [0.5, 0.6) is 0 Å². The smallest absolute Gasteiger partial charge is 0.333 e. The zero-order valence-corrected chi connectivity index (χ0v) is 16.0. The van der Waals surface area contributed by atoms with Crippen LogP contribution in [0.4, 0.5) is 11.4 Å². The van der Waals surface area contributed by atoms with E-state index in [0.717, 1.165) is 5.56 Å². The molecule has 8 nitrogen and oxygen atoms in total. The van der Waals surface area contributed by atoms with E-state index in [1.165, 1.54) is 19.2 Å². The first-order valence-electron chi connectivity index (χ1n) is 9.19. The predicted octanol–water partition coefficient (Wildman–Crippen LogP) is 3.88. The minimum Gasteiger partial charge on any atom is -0.466 e. The highest BCUT2D eigenvalue weighted by Gasteiger charge is 2.35. The van der Waals surface area contributed by atoms with Crippen LogP contribution in [0.25, 0.3) is 0 Å². The minimum absolute atomic E-state index is 0.0122. The topological polar surface area (TPSA) is 122 Å². The van der Waals surface area contributed by atoms with Crippen LogP contribution in [0.2, 0.25) is 0 Å². The number of carbonyl (C=O) groups excluding carboxylic acids is 2. The van der Waals surface area contributed by atoms with E-state index in [1.54, 1.807) is 12.1 Å². The molecule has 1 aromatic carbocycles. The Balaban J connectivity index is 1.95. The van der Waals surface area contributed by atoms with Crippen LogP contribution >= 0.6 is 0 Å². The van der Waals surface area contributed by atoms with E-state index in [1.807, 2.05) is 6.92 Å². The lowest BCUT2D eigenvalue weighted by atomic mass is 9.75. The van der Waals surface area contributed by atoms with Crippen LogP contribution in [-0.2, 0) is 20.7 Å². The second-order valence-corrected chi connectivity index (χ2v) is 7.02. The Bertz CT molecular complexity index is 789. The Hall–Kier alpha value is -2.74. The van der Waals surface area contributed by atoms with Gasteiger partial charge in [-0.1, -0.05) is 19.1 Å². The molecule has 0 spiro atoms. The van der Waals surface area contributed by atoms with Crippen molar-refractivity contribution < 1.29 is 19.4 Å². The summed E-state index contributed by atoms with van der Waals surface area (Å²) < 4.78 is 4.80. The summed E-state index contributed by atoms with van der Waals surface area (Å²) in [7, 11) is 1.30. The molecule has 1 N–H and O–H groups in total. The summed E-state index contributed by atoms with van der Waals surface area (Å²) in [5.41, 5.74) is 1.21. The summed E-state index contributed by atoms with van der Waals surface area (Å²) in [6, 6.07) is 4.60. The molecule has 0 heterocycles. The lowest BCUT2D eigenvalue weighted by Gasteiger charge is -2.32. The number of benzene rings is 1. The van der Waals surface area contributed by atoms with E-state index in [2.05, 4.69) is 10.4 Å². The van der Waals surface area contributed by atoms with Crippen molar-refractivity contribution in [2.45, 2.75) is 45.1 Å². The predicted molar refractivity (Wildman–Crippen MR) is 103 cm³/mol. The molecule has 28 heavy (non-hydrogen) atoms. The van der Waals surface area contributed by atoms with Gasteiger partial charge in [0.25, 0.3) is 0 Å². The zero-order chi connectivity index (χ0) is 20.7. The highest BCUT2D eigenvalue weighted by Crippen LogP contribution is 2.34. The number of rotatable bonds is 9. The number of nitrogens with zero attached hydrogens (tertiary/aromatic N) is 2. The number of aliphatic hydroxyl groups excluding tert-OH is 1. The Labute approximate surface area is 162 Å². The Kier molecular flexibility index (Phi) is 7.69. The molecule has 2 rings (SSSR count). The molecule has 1 aliphatic carbocycles. The SMILES string of the molecule is COC(=O)C1=CCC(O)C(C)[C@@H]1CC(=O)CCCc1ccc(N=O)c(N=O)c1. The maximum absolute atomic E-state index is 12.4. The highest BCUT2D eigenvalue weighted by atomic mass is 16.5. The number of esters is 1. The molecule has 0 aromatic heterocycles. The van der Waals surface area contributed by atoms with E-state index in [9.17, 15) is 24.5 Å². The molecule has 0 radical (unpaired) electrons. The van der Waals surface area contributed by atoms with Crippen LogP contribution in [0.3, 0.4) is 0 Å². The lowest BCUT2D eigenvalue weighted by Crippen LogP contribution is -2.34. The van der Waals surface area contributed by atoms with Crippen molar-refractivity contribution in [2.24, 2.45) is 22.2 Å². The third-order valence-corrected chi connectivity index (χ3v) is 5.25. The van der Waals surface area contributed by atoms with Gasteiger partial charge in [-0.15, -0.1) is 9.81 Å². The standard InChI is InChI=1S/C20H24N2O6/c1-12-16(15(20(25)28-2)7-9-19(12)24)11-14(23)5-3-4-13-6-8-17(21-26)18(10-13)22-27/h6-8,10,12,16,19,24H,3-5,9,11H2,1-2H3/t12?,16-,19?/m0/s1. The van der Waals surface area contributed by atoms with Crippen LogP contribution in [0.1, 0.15) is 38.2 Å². The molecular formula is C20H24N2O6. The van der Waals surface area contributed by atoms with Gasteiger partial charge in [-0.2, -0.15) is 0 Å². The van der Waals surface area contributed by atoms with E-state index >= 15 is 0 Å². The van der Waals surface area contributed by atoms with Crippen molar-refractivity contribution >= 4 is 23.1 Å². The third-order valence-electron chi connectivity index (χ3n) is 5.25. The molecule has 0 amide bonds. The van der Waals surface area contributed by atoms with E-state index < -0.39 is 12.1 Å². The molecule has 0 saturated carbocycles. The lowest BCUT2D eigenvalue weighted by molar-refractivity contribution is -0.137. The number of aliphatic hydroxyl groups is 1. The molecule has 1 aromatic rings. The van der Waals surface area contributed by atoms with Crippen LogP contribution in [0, 0.1) is 21.6 Å². The number of ketones is 1. The molecule has 0 aliphatic heterocycles. The Morgan fingerprint density at radius 1 is 1.21 bits per heavy atom. The summed E-state index contributed by atoms with van der Waals surface area (Å²) in [5, 5.41) is 15.6. The van der Waals surface area contributed by atoms with Crippen LogP contribution in [0.15, 0.2) is 40.2 Å². The van der Waals surface area contributed by atoms with E-state index in [4.69, 9.17) is 4.74 Å². The average molecular weight is 388 g/mol. The zero-order valence-electron chi connectivity index (χ0n) is 16.0. The first-order chi connectivity index (χ1) is 13.4. The molecule has 0 bridgehead atoms. The summed E-state index contributed by atoms with van der Waals surface area (Å²) in [5.74, 6) is -1.06. The van der Waals surface area contributed by atoms with Crippen molar-refractivity contribution in [2.75, 3.05) is 7.11 Å². The Morgan fingerprint density at radius 2 is 1.93 bits per heavy atom. The first kappa shape index (κ1) is 21.6. The highest BCUT2D eigenvalue weighted by molar-refractivity contribution is 5.90. The number of hydrogen-bond acceptors (Lipinski definition) is 8. The van der Waals surface area contributed by atoms with Gasteiger partial charge in [0.1, 0.15) is 17.2 Å². The normalized spacial score (nSPS) is 21.5. The molecule has 2 unspecified atom stereocenters. The molecule has 8 heteroatoms. The molecule has 0 fully saturated rings. The van der Waals surface area contributed by atoms with Crippen molar-refractivity contribution in [3.05, 3.63) is 45.2 Å². The van der Waals surface area contributed by atoms with Crippen molar-refractivity contribution in [1.82, 2.24) is 0 Å². The van der Waals surface area contributed by atoms with Crippen molar-refractivity contribution in [3.8, 4) is 0 Å². The molecule has 1 aliphatic rings. The van der Waals surface area contributed by atoms with Crippen LogP contribution < -0.4 is 0 Å². The summed E-state index contributed by atoms with van der Waals surface area (Å²) >= 11 is 0. The number of methoxy groups -OCH3 is 1. The number of carbonyl (C=O) groups is 2. The van der Waals surface area contributed by atoms with Gasteiger partial charge in [0.2, 0.25) is 0 Å².